The SMILES string of the molecule is CNCCCOc1ccc2c(c1)COc1cc(OCCCNC)ccc1-2. The van der Waals surface area contributed by atoms with Crippen LogP contribution in [0.25, 0.3) is 11.1 Å². The van der Waals surface area contributed by atoms with Crippen molar-refractivity contribution in [2.75, 3.05) is 40.4 Å². The maximum absolute atomic E-state index is 5.96. The molecule has 0 radical (unpaired) electrons. The van der Waals surface area contributed by atoms with Crippen LogP contribution in [0.3, 0.4) is 0 Å². The second kappa shape index (κ2) is 9.46. The minimum Gasteiger partial charge on any atom is -0.494 e. The third-order valence-electron chi connectivity index (χ3n) is 4.38. The van der Waals surface area contributed by atoms with Gasteiger partial charge >= 0.3 is 0 Å². The summed E-state index contributed by atoms with van der Waals surface area (Å²) in [6, 6.07) is 12.3. The van der Waals surface area contributed by atoms with Gasteiger partial charge in [-0.3, -0.25) is 0 Å². The summed E-state index contributed by atoms with van der Waals surface area (Å²) < 4.78 is 17.6. The van der Waals surface area contributed by atoms with Crippen molar-refractivity contribution < 1.29 is 14.2 Å². The third kappa shape index (κ3) is 4.68. The first-order valence-corrected chi connectivity index (χ1v) is 9.27. The number of benzene rings is 2. The van der Waals surface area contributed by atoms with E-state index in [4.69, 9.17) is 14.2 Å². The number of hydrogen-bond donors (Lipinski definition) is 2. The van der Waals surface area contributed by atoms with Crippen LogP contribution in [-0.4, -0.2) is 40.4 Å². The van der Waals surface area contributed by atoms with Crippen LogP contribution in [0.5, 0.6) is 17.2 Å². The van der Waals surface area contributed by atoms with Crippen LogP contribution in [-0.2, 0) is 6.61 Å². The average molecular weight is 356 g/mol. The highest BCUT2D eigenvalue weighted by molar-refractivity contribution is 5.76. The molecule has 0 atom stereocenters. The van der Waals surface area contributed by atoms with E-state index in [0.29, 0.717) is 19.8 Å². The van der Waals surface area contributed by atoms with Gasteiger partial charge in [0.15, 0.2) is 0 Å². The Balaban J connectivity index is 1.66. The maximum atomic E-state index is 5.96. The van der Waals surface area contributed by atoms with Gasteiger partial charge in [-0.05, 0) is 69.9 Å². The van der Waals surface area contributed by atoms with Crippen LogP contribution in [0, 0.1) is 0 Å². The van der Waals surface area contributed by atoms with Crippen molar-refractivity contribution in [3.8, 4) is 28.4 Å². The number of rotatable bonds is 10. The lowest BCUT2D eigenvalue weighted by molar-refractivity contribution is 0.287. The summed E-state index contributed by atoms with van der Waals surface area (Å²) in [6.07, 6.45) is 1.97. The lowest BCUT2D eigenvalue weighted by atomic mass is 9.96. The average Bonchev–Trinajstić information content (AvgIpc) is 2.68. The molecule has 1 heterocycles. The van der Waals surface area contributed by atoms with E-state index in [9.17, 15) is 0 Å². The Morgan fingerprint density at radius 1 is 0.846 bits per heavy atom. The molecule has 140 valence electrons. The van der Waals surface area contributed by atoms with Crippen molar-refractivity contribution in [1.82, 2.24) is 10.6 Å². The van der Waals surface area contributed by atoms with E-state index in [0.717, 1.165) is 54.3 Å². The van der Waals surface area contributed by atoms with Gasteiger partial charge in [-0.1, -0.05) is 6.07 Å². The van der Waals surface area contributed by atoms with Gasteiger partial charge in [-0.25, -0.2) is 0 Å². The van der Waals surface area contributed by atoms with E-state index in [1.165, 1.54) is 5.56 Å². The van der Waals surface area contributed by atoms with E-state index in [-0.39, 0.29) is 0 Å². The standard InChI is InChI=1S/C21H28N2O3/c1-22-9-3-11-24-17-5-7-19-16(13-17)15-26-21-14-18(6-8-20(19)21)25-12-4-10-23-2/h5-8,13-14,22-23H,3-4,9-12,15H2,1-2H3. The molecule has 5 nitrogen and oxygen atoms in total. The molecule has 0 unspecified atom stereocenters. The molecule has 2 N–H and O–H groups in total. The monoisotopic (exact) mass is 356 g/mol. The molecule has 0 aromatic heterocycles. The van der Waals surface area contributed by atoms with Crippen LogP contribution in [0.1, 0.15) is 18.4 Å². The van der Waals surface area contributed by atoms with Crippen LogP contribution in [0.2, 0.25) is 0 Å². The highest BCUT2D eigenvalue weighted by Crippen LogP contribution is 2.40. The quantitative estimate of drug-likeness (QED) is 0.640. The Bertz CT molecular complexity index is 657. The Kier molecular flexibility index (Phi) is 6.75. The molecule has 3 rings (SSSR count). The summed E-state index contributed by atoms with van der Waals surface area (Å²) >= 11 is 0. The lowest BCUT2D eigenvalue weighted by Gasteiger charge is -2.22. The molecular weight excluding hydrogens is 328 g/mol. The van der Waals surface area contributed by atoms with Gasteiger partial charge in [0, 0.05) is 17.2 Å². The smallest absolute Gasteiger partial charge is 0.131 e. The van der Waals surface area contributed by atoms with Gasteiger partial charge < -0.3 is 24.8 Å². The summed E-state index contributed by atoms with van der Waals surface area (Å²) in [7, 11) is 3.90. The molecule has 0 spiro atoms. The molecule has 2 aromatic carbocycles. The number of ether oxygens (including phenoxy) is 3. The zero-order chi connectivity index (χ0) is 18.2. The van der Waals surface area contributed by atoms with Crippen molar-refractivity contribution >= 4 is 0 Å². The van der Waals surface area contributed by atoms with Gasteiger partial charge in [0.05, 0.1) is 13.2 Å². The fourth-order valence-electron chi connectivity index (χ4n) is 3.01. The normalized spacial score (nSPS) is 12.1. The summed E-state index contributed by atoms with van der Waals surface area (Å²) in [4.78, 5) is 0. The molecule has 0 saturated carbocycles. The highest BCUT2D eigenvalue weighted by atomic mass is 16.5. The minimum absolute atomic E-state index is 0.555. The predicted octanol–water partition coefficient (Wildman–Crippen LogP) is 3.22. The topological polar surface area (TPSA) is 51.8 Å². The van der Waals surface area contributed by atoms with Crippen molar-refractivity contribution in [3.05, 3.63) is 42.0 Å². The highest BCUT2D eigenvalue weighted by Gasteiger charge is 2.18. The molecule has 5 heteroatoms. The molecule has 0 saturated heterocycles. The molecule has 1 aliphatic heterocycles. The summed E-state index contributed by atoms with van der Waals surface area (Å²) in [5, 5.41) is 6.25. The first-order chi connectivity index (χ1) is 12.8. The minimum atomic E-state index is 0.555. The van der Waals surface area contributed by atoms with Gasteiger partial charge in [-0.2, -0.15) is 0 Å². The van der Waals surface area contributed by atoms with E-state index < -0.39 is 0 Å². The molecule has 1 aliphatic rings. The van der Waals surface area contributed by atoms with Crippen LogP contribution < -0.4 is 24.8 Å². The molecule has 2 aromatic rings. The lowest BCUT2D eigenvalue weighted by Crippen LogP contribution is -2.12. The van der Waals surface area contributed by atoms with Crippen molar-refractivity contribution in [2.24, 2.45) is 0 Å². The van der Waals surface area contributed by atoms with E-state index in [1.54, 1.807) is 0 Å². The Morgan fingerprint density at radius 3 is 2.12 bits per heavy atom. The molecular formula is C21H28N2O3. The second-order valence-corrected chi connectivity index (χ2v) is 6.38. The fourth-order valence-corrected chi connectivity index (χ4v) is 3.01. The van der Waals surface area contributed by atoms with Crippen molar-refractivity contribution in [1.29, 1.82) is 0 Å². The summed E-state index contributed by atoms with van der Waals surface area (Å²) in [6.45, 7) is 3.88. The zero-order valence-electron chi connectivity index (χ0n) is 15.6. The fraction of sp³-hybridized carbons (Fsp3) is 0.429. The number of hydrogen-bond acceptors (Lipinski definition) is 5. The van der Waals surface area contributed by atoms with Gasteiger partial charge in [0.2, 0.25) is 0 Å². The Morgan fingerprint density at radius 2 is 1.46 bits per heavy atom. The number of fused-ring (bicyclic) bond motifs is 3. The zero-order valence-corrected chi connectivity index (χ0v) is 15.6. The molecule has 0 amide bonds. The molecule has 0 aliphatic carbocycles. The first-order valence-electron chi connectivity index (χ1n) is 9.27. The van der Waals surface area contributed by atoms with E-state index in [1.807, 2.05) is 32.3 Å². The number of nitrogens with one attached hydrogen (secondary N) is 2. The van der Waals surface area contributed by atoms with Gasteiger partial charge in [-0.15, -0.1) is 0 Å². The summed E-state index contributed by atoms with van der Waals surface area (Å²) in [5.74, 6) is 2.63. The van der Waals surface area contributed by atoms with Gasteiger partial charge in [0.1, 0.15) is 23.9 Å². The predicted molar refractivity (Wildman–Crippen MR) is 104 cm³/mol. The van der Waals surface area contributed by atoms with Crippen LogP contribution >= 0.6 is 0 Å². The summed E-state index contributed by atoms with van der Waals surface area (Å²) in [5.41, 5.74) is 3.47. The molecule has 26 heavy (non-hydrogen) atoms. The van der Waals surface area contributed by atoms with E-state index >= 15 is 0 Å². The van der Waals surface area contributed by atoms with Crippen molar-refractivity contribution in [2.45, 2.75) is 19.4 Å². The molecule has 0 bridgehead atoms. The van der Waals surface area contributed by atoms with Gasteiger partial charge in [0.25, 0.3) is 0 Å². The van der Waals surface area contributed by atoms with Crippen LogP contribution in [0.15, 0.2) is 36.4 Å². The van der Waals surface area contributed by atoms with Crippen molar-refractivity contribution in [3.63, 3.8) is 0 Å². The third-order valence-corrected chi connectivity index (χ3v) is 4.38. The molecule has 0 fully saturated rings. The Hall–Kier alpha value is -2.24. The van der Waals surface area contributed by atoms with E-state index in [2.05, 4.69) is 28.8 Å². The largest absolute Gasteiger partial charge is 0.494 e. The maximum Gasteiger partial charge on any atom is 0.131 e. The van der Waals surface area contributed by atoms with Crippen LogP contribution in [0.4, 0.5) is 0 Å². The Labute approximate surface area is 155 Å². The second-order valence-electron chi connectivity index (χ2n) is 6.38. The first kappa shape index (κ1) is 18.5.